The van der Waals surface area contributed by atoms with Crippen LogP contribution in [0.15, 0.2) is 24.3 Å². The smallest absolute Gasteiger partial charge is 0.258 e. The number of amides is 1. The average Bonchev–Trinajstić information content (AvgIpc) is 3.43. The Morgan fingerprint density at radius 3 is 2.59 bits per heavy atom. The molecular formula is C22H30N4O. The first-order chi connectivity index (χ1) is 13.0. The fraction of sp³-hybridized carbons (Fsp3) is 0.545. The number of likely N-dealkylation sites (tertiary alicyclic amines) is 1. The molecule has 27 heavy (non-hydrogen) atoms. The third kappa shape index (κ3) is 3.79. The minimum Gasteiger partial charge on any atom is -0.331 e. The molecule has 0 spiro atoms. The Morgan fingerprint density at radius 2 is 1.93 bits per heavy atom. The summed E-state index contributed by atoms with van der Waals surface area (Å²) in [6.45, 7) is 3.74. The number of carbonyl (C=O) groups is 1. The zero-order valence-corrected chi connectivity index (χ0v) is 16.7. The van der Waals surface area contributed by atoms with Crippen molar-refractivity contribution in [3.63, 3.8) is 0 Å². The lowest BCUT2D eigenvalue weighted by molar-refractivity contribution is 0.0609. The Balaban J connectivity index is 1.59. The van der Waals surface area contributed by atoms with Crippen molar-refractivity contribution in [3.8, 4) is 0 Å². The van der Waals surface area contributed by atoms with Crippen LogP contribution in [-0.2, 0) is 6.54 Å². The SMILES string of the molecule is Cc1[nH]nc(C2CC2)c1C(=O)N1CCCCC1c1ccc(CN(C)C)cc1. The summed E-state index contributed by atoms with van der Waals surface area (Å²) >= 11 is 0. The van der Waals surface area contributed by atoms with Crippen LogP contribution < -0.4 is 0 Å². The van der Waals surface area contributed by atoms with Crippen LogP contribution in [0.25, 0.3) is 0 Å². The quantitative estimate of drug-likeness (QED) is 0.869. The molecule has 2 aromatic rings. The molecule has 2 heterocycles. The summed E-state index contributed by atoms with van der Waals surface area (Å²) in [5.74, 6) is 0.632. The lowest BCUT2D eigenvalue weighted by Gasteiger charge is -2.36. The first-order valence-electron chi connectivity index (χ1n) is 10.1. The van der Waals surface area contributed by atoms with E-state index < -0.39 is 0 Å². The second kappa shape index (κ2) is 7.47. The molecule has 5 nitrogen and oxygen atoms in total. The minimum atomic E-state index is 0.158. The molecule has 4 rings (SSSR count). The van der Waals surface area contributed by atoms with Crippen molar-refractivity contribution in [2.45, 2.75) is 57.5 Å². The summed E-state index contributed by atoms with van der Waals surface area (Å²) in [6, 6.07) is 8.98. The molecule has 1 aliphatic carbocycles. The van der Waals surface area contributed by atoms with Gasteiger partial charge in [0.25, 0.3) is 5.91 Å². The van der Waals surface area contributed by atoms with Crippen LogP contribution in [0.1, 0.15) is 76.9 Å². The van der Waals surface area contributed by atoms with Gasteiger partial charge in [0.2, 0.25) is 0 Å². The van der Waals surface area contributed by atoms with Crippen LogP contribution in [0.2, 0.25) is 0 Å². The largest absolute Gasteiger partial charge is 0.331 e. The molecule has 144 valence electrons. The van der Waals surface area contributed by atoms with E-state index in [1.807, 2.05) is 6.92 Å². The third-order valence-corrected chi connectivity index (χ3v) is 5.78. The van der Waals surface area contributed by atoms with Crippen LogP contribution in [0, 0.1) is 6.92 Å². The number of hydrogen-bond acceptors (Lipinski definition) is 3. The Morgan fingerprint density at radius 1 is 1.19 bits per heavy atom. The van der Waals surface area contributed by atoms with E-state index in [2.05, 4.69) is 58.4 Å². The van der Waals surface area contributed by atoms with Gasteiger partial charge in [0, 0.05) is 24.7 Å². The number of nitrogens with one attached hydrogen (secondary N) is 1. The van der Waals surface area contributed by atoms with E-state index in [0.29, 0.717) is 5.92 Å². The summed E-state index contributed by atoms with van der Waals surface area (Å²) < 4.78 is 0. The number of benzene rings is 1. The molecule has 1 aliphatic heterocycles. The second-order valence-corrected chi connectivity index (χ2v) is 8.37. The number of aromatic amines is 1. The van der Waals surface area contributed by atoms with Gasteiger partial charge in [-0.25, -0.2) is 0 Å². The van der Waals surface area contributed by atoms with E-state index in [-0.39, 0.29) is 11.9 Å². The molecule has 1 unspecified atom stereocenters. The molecule has 2 fully saturated rings. The Labute approximate surface area is 161 Å². The first kappa shape index (κ1) is 18.2. The van der Waals surface area contributed by atoms with E-state index in [0.717, 1.165) is 55.7 Å². The fourth-order valence-electron chi connectivity index (χ4n) is 4.25. The number of carbonyl (C=O) groups excluding carboxylic acids is 1. The van der Waals surface area contributed by atoms with Crippen molar-refractivity contribution in [2.24, 2.45) is 0 Å². The van der Waals surface area contributed by atoms with Gasteiger partial charge < -0.3 is 9.80 Å². The fourth-order valence-corrected chi connectivity index (χ4v) is 4.25. The van der Waals surface area contributed by atoms with E-state index in [4.69, 9.17) is 0 Å². The topological polar surface area (TPSA) is 52.2 Å². The molecule has 1 atom stereocenters. The molecule has 1 aromatic carbocycles. The van der Waals surface area contributed by atoms with Crippen LogP contribution in [0.4, 0.5) is 0 Å². The molecule has 0 bridgehead atoms. The number of aromatic nitrogens is 2. The molecule has 1 saturated carbocycles. The molecule has 0 radical (unpaired) electrons. The van der Waals surface area contributed by atoms with Crippen molar-refractivity contribution in [3.05, 3.63) is 52.3 Å². The maximum atomic E-state index is 13.5. The lowest BCUT2D eigenvalue weighted by atomic mass is 9.93. The summed E-state index contributed by atoms with van der Waals surface area (Å²) in [6.07, 6.45) is 5.60. The molecule has 1 saturated heterocycles. The van der Waals surface area contributed by atoms with Crippen LogP contribution >= 0.6 is 0 Å². The molecule has 1 amide bonds. The van der Waals surface area contributed by atoms with Crippen molar-refractivity contribution in [1.82, 2.24) is 20.0 Å². The molecule has 2 aliphatic rings. The number of aryl methyl sites for hydroxylation is 1. The van der Waals surface area contributed by atoms with Crippen molar-refractivity contribution in [1.29, 1.82) is 0 Å². The highest BCUT2D eigenvalue weighted by Gasteiger charge is 2.36. The molecule has 1 aromatic heterocycles. The third-order valence-electron chi connectivity index (χ3n) is 5.78. The standard InChI is InChI=1S/C22H30N4O/c1-15-20(21(24-23-15)18-11-12-18)22(27)26-13-5-4-6-19(26)17-9-7-16(8-10-17)14-25(2)3/h7-10,18-19H,4-6,11-14H2,1-3H3,(H,23,24). The lowest BCUT2D eigenvalue weighted by Crippen LogP contribution is -2.39. The summed E-state index contributed by atoms with van der Waals surface area (Å²) in [5, 5.41) is 7.51. The van der Waals surface area contributed by atoms with Crippen LogP contribution in [-0.4, -0.2) is 46.5 Å². The van der Waals surface area contributed by atoms with Crippen molar-refractivity contribution < 1.29 is 4.79 Å². The zero-order chi connectivity index (χ0) is 19.0. The number of nitrogens with zero attached hydrogens (tertiary/aromatic N) is 3. The molecular weight excluding hydrogens is 336 g/mol. The Hall–Kier alpha value is -2.14. The number of piperidine rings is 1. The number of H-pyrrole nitrogens is 1. The van der Waals surface area contributed by atoms with Gasteiger partial charge in [0.05, 0.1) is 17.3 Å². The van der Waals surface area contributed by atoms with E-state index >= 15 is 0 Å². The minimum absolute atomic E-state index is 0.158. The van der Waals surface area contributed by atoms with Gasteiger partial charge in [-0.05, 0) is 64.3 Å². The predicted molar refractivity (Wildman–Crippen MR) is 107 cm³/mol. The molecule has 5 heteroatoms. The monoisotopic (exact) mass is 366 g/mol. The predicted octanol–water partition coefficient (Wildman–Crippen LogP) is 4.02. The van der Waals surface area contributed by atoms with Crippen molar-refractivity contribution >= 4 is 5.91 Å². The number of hydrogen-bond donors (Lipinski definition) is 1. The van der Waals surface area contributed by atoms with Gasteiger partial charge in [0.1, 0.15) is 0 Å². The summed E-state index contributed by atoms with van der Waals surface area (Å²) in [4.78, 5) is 17.8. The van der Waals surface area contributed by atoms with Gasteiger partial charge in [-0.15, -0.1) is 0 Å². The summed E-state index contributed by atoms with van der Waals surface area (Å²) in [5.41, 5.74) is 5.28. The average molecular weight is 367 g/mol. The Bertz CT molecular complexity index is 804. The number of rotatable bonds is 5. The van der Waals surface area contributed by atoms with Gasteiger partial charge >= 0.3 is 0 Å². The highest BCUT2D eigenvalue weighted by molar-refractivity contribution is 5.97. The highest BCUT2D eigenvalue weighted by atomic mass is 16.2. The van der Waals surface area contributed by atoms with E-state index in [9.17, 15) is 4.79 Å². The van der Waals surface area contributed by atoms with E-state index in [1.165, 1.54) is 17.5 Å². The van der Waals surface area contributed by atoms with Crippen LogP contribution in [0.3, 0.4) is 0 Å². The normalized spacial score (nSPS) is 20.3. The van der Waals surface area contributed by atoms with Gasteiger partial charge in [-0.1, -0.05) is 24.3 Å². The first-order valence-corrected chi connectivity index (χ1v) is 10.1. The summed E-state index contributed by atoms with van der Waals surface area (Å²) in [7, 11) is 4.17. The van der Waals surface area contributed by atoms with Gasteiger partial charge in [-0.3, -0.25) is 9.89 Å². The maximum absolute atomic E-state index is 13.5. The van der Waals surface area contributed by atoms with Crippen molar-refractivity contribution in [2.75, 3.05) is 20.6 Å². The Kier molecular flexibility index (Phi) is 5.04. The van der Waals surface area contributed by atoms with E-state index in [1.54, 1.807) is 0 Å². The maximum Gasteiger partial charge on any atom is 0.258 e. The van der Waals surface area contributed by atoms with Gasteiger partial charge in [-0.2, -0.15) is 5.10 Å². The highest BCUT2D eigenvalue weighted by Crippen LogP contribution is 2.42. The molecule has 1 N–H and O–H groups in total. The second-order valence-electron chi connectivity index (χ2n) is 8.37. The van der Waals surface area contributed by atoms with Crippen LogP contribution in [0.5, 0.6) is 0 Å². The van der Waals surface area contributed by atoms with Gasteiger partial charge in [0.15, 0.2) is 0 Å². The zero-order valence-electron chi connectivity index (χ0n) is 16.7.